The Labute approximate surface area is 127 Å². The van der Waals surface area contributed by atoms with Gasteiger partial charge in [-0.3, -0.25) is 10.1 Å². The highest BCUT2D eigenvalue weighted by molar-refractivity contribution is 5.92. The smallest absolute Gasteiger partial charge is 0.244 e. The Morgan fingerprint density at radius 3 is 2.76 bits per heavy atom. The van der Waals surface area contributed by atoms with Crippen molar-refractivity contribution < 1.29 is 4.79 Å². The van der Waals surface area contributed by atoms with E-state index in [9.17, 15) is 4.79 Å². The van der Waals surface area contributed by atoms with Gasteiger partial charge in [0, 0.05) is 6.54 Å². The van der Waals surface area contributed by atoms with E-state index in [1.54, 1.807) is 0 Å². The van der Waals surface area contributed by atoms with Crippen LogP contribution in [0.5, 0.6) is 0 Å². The van der Waals surface area contributed by atoms with Gasteiger partial charge >= 0.3 is 0 Å². The maximum absolute atomic E-state index is 12.7. The van der Waals surface area contributed by atoms with Gasteiger partial charge in [0.1, 0.15) is 11.7 Å². The molecule has 1 heterocycles. The maximum atomic E-state index is 12.7. The van der Waals surface area contributed by atoms with Crippen molar-refractivity contribution >= 4 is 5.91 Å². The highest BCUT2D eigenvalue weighted by Crippen LogP contribution is 2.46. The Morgan fingerprint density at radius 2 is 2.10 bits per heavy atom. The van der Waals surface area contributed by atoms with Gasteiger partial charge in [-0.1, -0.05) is 56.0 Å². The van der Waals surface area contributed by atoms with E-state index < -0.39 is 0 Å². The van der Waals surface area contributed by atoms with Crippen LogP contribution in [0.3, 0.4) is 0 Å². The Morgan fingerprint density at radius 1 is 1.29 bits per heavy atom. The zero-order valence-corrected chi connectivity index (χ0v) is 13.2. The third kappa shape index (κ3) is 2.84. The minimum Gasteiger partial charge on any atom is -0.321 e. The summed E-state index contributed by atoms with van der Waals surface area (Å²) in [7, 11) is 0. The predicted octanol–water partition coefficient (Wildman–Crippen LogP) is 3.54. The second kappa shape index (κ2) is 5.80. The average Bonchev–Trinajstić information content (AvgIpc) is 3.20. The lowest BCUT2D eigenvalue weighted by molar-refractivity contribution is -0.130. The van der Waals surface area contributed by atoms with E-state index in [4.69, 9.17) is 0 Å². The third-order valence-corrected chi connectivity index (χ3v) is 4.76. The quantitative estimate of drug-likeness (QED) is 0.811. The molecule has 1 aliphatic carbocycles. The monoisotopic (exact) mass is 286 g/mol. The zero-order valence-electron chi connectivity index (χ0n) is 13.2. The van der Waals surface area contributed by atoms with E-state index in [2.05, 4.69) is 48.3 Å². The predicted molar refractivity (Wildman–Crippen MR) is 84.9 cm³/mol. The normalized spacial score (nSPS) is 23.0. The molecule has 1 amide bonds. The van der Waals surface area contributed by atoms with Crippen molar-refractivity contribution in [2.24, 2.45) is 0 Å². The first-order valence-electron chi connectivity index (χ1n) is 8.32. The lowest BCUT2D eigenvalue weighted by Gasteiger charge is -2.24. The molecule has 3 nitrogen and oxygen atoms in total. The molecule has 3 rings (SSSR count). The fourth-order valence-electron chi connectivity index (χ4n) is 3.32. The zero-order chi connectivity index (χ0) is 14.9. The molecule has 1 saturated carbocycles. The van der Waals surface area contributed by atoms with Crippen molar-refractivity contribution in [3.8, 4) is 0 Å². The van der Waals surface area contributed by atoms with E-state index in [0.29, 0.717) is 5.91 Å². The van der Waals surface area contributed by atoms with Crippen LogP contribution in [0.2, 0.25) is 0 Å². The van der Waals surface area contributed by atoms with Gasteiger partial charge < -0.3 is 4.90 Å². The second-order valence-electron chi connectivity index (χ2n) is 6.60. The lowest BCUT2D eigenvalue weighted by atomic mass is 10.1. The summed E-state index contributed by atoms with van der Waals surface area (Å²) in [4.78, 5) is 14.8. The van der Waals surface area contributed by atoms with Crippen LogP contribution in [0.1, 0.15) is 62.7 Å². The van der Waals surface area contributed by atoms with E-state index in [-0.39, 0.29) is 11.7 Å². The fraction of sp³-hybridized carbons (Fsp3) is 0.611. The first kappa shape index (κ1) is 14.6. The molecule has 2 fully saturated rings. The maximum Gasteiger partial charge on any atom is 0.244 e. The van der Waals surface area contributed by atoms with Gasteiger partial charge in [-0.2, -0.15) is 0 Å². The number of amides is 1. The number of benzene rings is 1. The van der Waals surface area contributed by atoms with Gasteiger partial charge in [0.25, 0.3) is 0 Å². The third-order valence-electron chi connectivity index (χ3n) is 4.76. The highest BCUT2D eigenvalue weighted by atomic mass is 16.2. The van der Waals surface area contributed by atoms with Gasteiger partial charge in [-0.15, -0.1) is 0 Å². The van der Waals surface area contributed by atoms with Gasteiger partial charge in [-0.05, 0) is 31.7 Å². The molecule has 1 unspecified atom stereocenters. The SMILES string of the molecule is CCCCCCN1C(=O)C2(CC2)NC1c1cccc(C)c1. The summed E-state index contributed by atoms with van der Waals surface area (Å²) in [6.45, 7) is 5.21. The highest BCUT2D eigenvalue weighted by Gasteiger charge is 2.59. The van der Waals surface area contributed by atoms with Crippen LogP contribution in [0.25, 0.3) is 0 Å². The Bertz CT molecular complexity index is 522. The number of carbonyl (C=O) groups is 1. The van der Waals surface area contributed by atoms with Crippen molar-refractivity contribution in [3.05, 3.63) is 35.4 Å². The molecule has 1 aromatic carbocycles. The molecule has 0 bridgehead atoms. The molecule has 0 aromatic heterocycles. The summed E-state index contributed by atoms with van der Waals surface area (Å²) in [5.41, 5.74) is 2.26. The number of carbonyl (C=O) groups excluding carboxylic acids is 1. The molecule has 1 aromatic rings. The number of hydrogen-bond acceptors (Lipinski definition) is 2. The standard InChI is InChI=1S/C18H26N2O/c1-3-4-5-6-12-20-16(15-9-7-8-14(2)13-15)19-18(10-11-18)17(20)21/h7-9,13,16,19H,3-6,10-12H2,1-2H3. The molecule has 3 heteroatoms. The number of rotatable bonds is 6. The van der Waals surface area contributed by atoms with Gasteiger partial charge in [0.15, 0.2) is 0 Å². The van der Waals surface area contributed by atoms with Crippen LogP contribution in [-0.4, -0.2) is 22.9 Å². The molecular formula is C18H26N2O. The van der Waals surface area contributed by atoms with E-state index in [1.807, 2.05) is 0 Å². The van der Waals surface area contributed by atoms with Gasteiger partial charge in [0.05, 0.1) is 0 Å². The van der Waals surface area contributed by atoms with Crippen molar-refractivity contribution in [1.82, 2.24) is 10.2 Å². The average molecular weight is 286 g/mol. The summed E-state index contributed by atoms with van der Waals surface area (Å²) in [5, 5.41) is 3.60. The largest absolute Gasteiger partial charge is 0.321 e. The van der Waals surface area contributed by atoms with Crippen molar-refractivity contribution in [2.45, 2.75) is 64.1 Å². The summed E-state index contributed by atoms with van der Waals surface area (Å²) >= 11 is 0. The number of aryl methyl sites for hydroxylation is 1. The molecule has 21 heavy (non-hydrogen) atoms. The second-order valence-corrected chi connectivity index (χ2v) is 6.60. The van der Waals surface area contributed by atoms with Crippen LogP contribution in [-0.2, 0) is 4.79 Å². The van der Waals surface area contributed by atoms with E-state index in [0.717, 1.165) is 25.8 Å². The molecule has 1 atom stereocenters. The molecule has 1 spiro atoms. The Kier molecular flexibility index (Phi) is 4.03. The van der Waals surface area contributed by atoms with Gasteiger partial charge in [-0.25, -0.2) is 0 Å². The summed E-state index contributed by atoms with van der Waals surface area (Å²) in [6, 6.07) is 8.53. The topological polar surface area (TPSA) is 32.3 Å². The van der Waals surface area contributed by atoms with Crippen LogP contribution < -0.4 is 5.32 Å². The summed E-state index contributed by atoms with van der Waals surface area (Å²) in [6.07, 6.45) is 6.89. The summed E-state index contributed by atoms with van der Waals surface area (Å²) in [5.74, 6) is 0.325. The van der Waals surface area contributed by atoms with Crippen molar-refractivity contribution in [1.29, 1.82) is 0 Å². The number of nitrogens with one attached hydrogen (secondary N) is 1. The van der Waals surface area contributed by atoms with E-state index >= 15 is 0 Å². The first-order valence-corrected chi connectivity index (χ1v) is 8.32. The van der Waals surface area contributed by atoms with Crippen LogP contribution in [0, 0.1) is 6.92 Å². The Hall–Kier alpha value is -1.35. The molecule has 2 aliphatic rings. The van der Waals surface area contributed by atoms with Crippen LogP contribution in [0.15, 0.2) is 24.3 Å². The first-order chi connectivity index (χ1) is 10.2. The molecule has 114 valence electrons. The van der Waals surface area contributed by atoms with Gasteiger partial charge in [0.2, 0.25) is 5.91 Å². The molecule has 0 radical (unpaired) electrons. The number of nitrogens with zero attached hydrogens (tertiary/aromatic N) is 1. The lowest BCUT2D eigenvalue weighted by Crippen LogP contribution is -2.33. The minimum atomic E-state index is -0.223. The number of unbranched alkanes of at least 4 members (excludes halogenated alkanes) is 3. The van der Waals surface area contributed by atoms with Crippen LogP contribution >= 0.6 is 0 Å². The molecule has 1 aliphatic heterocycles. The Balaban J connectivity index is 1.75. The fourth-order valence-corrected chi connectivity index (χ4v) is 3.32. The minimum absolute atomic E-state index is 0.0709. The molecule has 1 N–H and O–H groups in total. The number of hydrogen-bond donors (Lipinski definition) is 1. The molecule has 1 saturated heterocycles. The van der Waals surface area contributed by atoms with Crippen molar-refractivity contribution in [3.63, 3.8) is 0 Å². The molecular weight excluding hydrogens is 260 g/mol. The van der Waals surface area contributed by atoms with Crippen molar-refractivity contribution in [2.75, 3.05) is 6.54 Å². The van der Waals surface area contributed by atoms with E-state index in [1.165, 1.54) is 30.4 Å². The van der Waals surface area contributed by atoms with Crippen LogP contribution in [0.4, 0.5) is 0 Å². The summed E-state index contributed by atoms with van der Waals surface area (Å²) < 4.78 is 0.